The molecule has 0 aromatic heterocycles. The van der Waals surface area contributed by atoms with E-state index in [4.69, 9.17) is 4.74 Å². The summed E-state index contributed by atoms with van der Waals surface area (Å²) in [6, 6.07) is 9.03. The van der Waals surface area contributed by atoms with E-state index in [1.54, 1.807) is 7.11 Å². The van der Waals surface area contributed by atoms with Gasteiger partial charge in [-0.05, 0) is 50.3 Å². The summed E-state index contributed by atoms with van der Waals surface area (Å²) in [6.07, 6.45) is 3.88. The van der Waals surface area contributed by atoms with E-state index >= 15 is 0 Å². The topological polar surface area (TPSA) is 41.5 Å². The molecule has 0 aliphatic heterocycles. The second-order valence-electron chi connectivity index (χ2n) is 5.17. The molecule has 0 unspecified atom stereocenters. The first-order chi connectivity index (χ1) is 8.69. The van der Waals surface area contributed by atoms with E-state index in [-0.39, 0.29) is 6.10 Å². The lowest BCUT2D eigenvalue weighted by Crippen LogP contribution is -2.36. The van der Waals surface area contributed by atoms with E-state index in [0.29, 0.717) is 12.1 Å². The molecule has 2 N–H and O–H groups in total. The van der Waals surface area contributed by atoms with Crippen LogP contribution in [0.5, 0.6) is 5.75 Å². The van der Waals surface area contributed by atoms with Crippen LogP contribution in [0.15, 0.2) is 24.3 Å². The van der Waals surface area contributed by atoms with Gasteiger partial charge in [0.25, 0.3) is 0 Å². The van der Waals surface area contributed by atoms with E-state index in [2.05, 4.69) is 24.4 Å². The van der Waals surface area contributed by atoms with Crippen molar-refractivity contribution in [1.29, 1.82) is 0 Å². The summed E-state index contributed by atoms with van der Waals surface area (Å²) >= 11 is 0. The summed E-state index contributed by atoms with van der Waals surface area (Å²) in [5, 5.41) is 13.1. The van der Waals surface area contributed by atoms with Crippen molar-refractivity contribution in [3.63, 3.8) is 0 Å². The minimum absolute atomic E-state index is 0.0878. The van der Waals surface area contributed by atoms with Gasteiger partial charge < -0.3 is 15.2 Å². The standard InChI is InChI=1S/C15H23NO2/c1-11(12-4-3-5-15(10-12)18-2)16-13-6-8-14(17)9-7-13/h3-5,10-11,13-14,16-17H,6-9H2,1-2H3/t11-,13?,14?/m0/s1. The molecule has 3 nitrogen and oxygen atoms in total. The van der Waals surface area contributed by atoms with Crippen molar-refractivity contribution in [2.24, 2.45) is 0 Å². The number of rotatable bonds is 4. The fraction of sp³-hybridized carbons (Fsp3) is 0.600. The molecular weight excluding hydrogens is 226 g/mol. The Morgan fingerprint density at radius 3 is 2.67 bits per heavy atom. The number of aliphatic hydroxyl groups excluding tert-OH is 1. The van der Waals surface area contributed by atoms with Crippen molar-refractivity contribution in [3.05, 3.63) is 29.8 Å². The Kier molecular flexibility index (Phi) is 4.61. The maximum atomic E-state index is 9.50. The van der Waals surface area contributed by atoms with Gasteiger partial charge in [-0.2, -0.15) is 0 Å². The number of ether oxygens (including phenoxy) is 1. The molecule has 18 heavy (non-hydrogen) atoms. The molecule has 1 aliphatic carbocycles. The molecule has 0 amide bonds. The average Bonchev–Trinajstić information content (AvgIpc) is 2.41. The van der Waals surface area contributed by atoms with Crippen molar-refractivity contribution in [2.75, 3.05) is 7.11 Å². The summed E-state index contributed by atoms with van der Waals surface area (Å²) in [5.74, 6) is 0.903. The highest BCUT2D eigenvalue weighted by atomic mass is 16.5. The maximum Gasteiger partial charge on any atom is 0.119 e. The number of benzene rings is 1. The summed E-state index contributed by atoms with van der Waals surface area (Å²) in [7, 11) is 1.69. The Labute approximate surface area is 109 Å². The van der Waals surface area contributed by atoms with Crippen LogP contribution in [0.25, 0.3) is 0 Å². The van der Waals surface area contributed by atoms with Gasteiger partial charge in [-0.1, -0.05) is 12.1 Å². The molecule has 0 saturated heterocycles. The molecule has 1 atom stereocenters. The monoisotopic (exact) mass is 249 g/mol. The first-order valence-corrected chi connectivity index (χ1v) is 6.77. The van der Waals surface area contributed by atoms with Gasteiger partial charge in [0.1, 0.15) is 5.75 Å². The van der Waals surface area contributed by atoms with E-state index in [1.807, 2.05) is 12.1 Å². The van der Waals surface area contributed by atoms with Crippen LogP contribution in [-0.4, -0.2) is 24.4 Å². The lowest BCUT2D eigenvalue weighted by atomic mass is 9.92. The van der Waals surface area contributed by atoms with E-state index in [0.717, 1.165) is 31.4 Å². The zero-order chi connectivity index (χ0) is 13.0. The number of nitrogens with one attached hydrogen (secondary N) is 1. The van der Waals surface area contributed by atoms with Gasteiger partial charge >= 0.3 is 0 Å². The third kappa shape index (κ3) is 3.47. The number of methoxy groups -OCH3 is 1. The fourth-order valence-electron chi connectivity index (χ4n) is 2.60. The van der Waals surface area contributed by atoms with Crippen LogP contribution in [0.3, 0.4) is 0 Å². The summed E-state index contributed by atoms with van der Waals surface area (Å²) in [5.41, 5.74) is 1.25. The van der Waals surface area contributed by atoms with Gasteiger partial charge in [-0.25, -0.2) is 0 Å². The molecule has 1 fully saturated rings. The SMILES string of the molecule is COc1cccc([C@H](C)NC2CCC(O)CC2)c1. The van der Waals surface area contributed by atoms with Crippen molar-refractivity contribution in [3.8, 4) is 5.75 Å². The summed E-state index contributed by atoms with van der Waals surface area (Å²) in [6.45, 7) is 2.18. The fourth-order valence-corrected chi connectivity index (χ4v) is 2.60. The molecule has 0 bridgehead atoms. The van der Waals surface area contributed by atoms with Crippen molar-refractivity contribution < 1.29 is 9.84 Å². The Hall–Kier alpha value is -1.06. The second kappa shape index (κ2) is 6.21. The van der Waals surface area contributed by atoms with Crippen molar-refractivity contribution in [1.82, 2.24) is 5.32 Å². The van der Waals surface area contributed by atoms with Gasteiger partial charge in [0.05, 0.1) is 13.2 Å². The zero-order valence-corrected chi connectivity index (χ0v) is 11.2. The Morgan fingerprint density at radius 1 is 1.28 bits per heavy atom. The molecule has 1 aliphatic rings. The highest BCUT2D eigenvalue weighted by Crippen LogP contribution is 2.23. The maximum absolute atomic E-state index is 9.50. The highest BCUT2D eigenvalue weighted by molar-refractivity contribution is 5.30. The third-order valence-corrected chi connectivity index (χ3v) is 3.78. The van der Waals surface area contributed by atoms with Gasteiger partial charge in [0.15, 0.2) is 0 Å². The number of aliphatic hydroxyl groups is 1. The quantitative estimate of drug-likeness (QED) is 0.862. The largest absolute Gasteiger partial charge is 0.497 e. The molecule has 1 aromatic carbocycles. The molecule has 0 spiro atoms. The molecule has 1 saturated carbocycles. The van der Waals surface area contributed by atoms with Crippen LogP contribution < -0.4 is 10.1 Å². The minimum atomic E-state index is -0.0878. The molecule has 2 rings (SSSR count). The molecule has 3 heteroatoms. The van der Waals surface area contributed by atoms with Gasteiger partial charge in [-0.15, -0.1) is 0 Å². The second-order valence-corrected chi connectivity index (χ2v) is 5.17. The lowest BCUT2D eigenvalue weighted by Gasteiger charge is -2.29. The van der Waals surface area contributed by atoms with Gasteiger partial charge in [-0.3, -0.25) is 0 Å². The van der Waals surface area contributed by atoms with Gasteiger partial charge in [0.2, 0.25) is 0 Å². The number of hydrogen-bond donors (Lipinski definition) is 2. The lowest BCUT2D eigenvalue weighted by molar-refractivity contribution is 0.114. The zero-order valence-electron chi connectivity index (χ0n) is 11.2. The molecule has 100 valence electrons. The Morgan fingerprint density at radius 2 is 2.00 bits per heavy atom. The summed E-state index contributed by atoms with van der Waals surface area (Å²) < 4.78 is 5.25. The molecule has 0 radical (unpaired) electrons. The first-order valence-electron chi connectivity index (χ1n) is 6.77. The van der Waals surface area contributed by atoms with E-state index in [9.17, 15) is 5.11 Å². The predicted molar refractivity (Wildman–Crippen MR) is 72.8 cm³/mol. The van der Waals surface area contributed by atoms with Crippen molar-refractivity contribution >= 4 is 0 Å². The van der Waals surface area contributed by atoms with Crippen LogP contribution >= 0.6 is 0 Å². The first kappa shape index (κ1) is 13.4. The molecule has 1 aromatic rings. The van der Waals surface area contributed by atoms with Crippen LogP contribution in [0.4, 0.5) is 0 Å². The van der Waals surface area contributed by atoms with Gasteiger partial charge in [0, 0.05) is 12.1 Å². The predicted octanol–water partition coefficient (Wildman–Crippen LogP) is 2.65. The molecule has 0 heterocycles. The van der Waals surface area contributed by atoms with Crippen LogP contribution in [0.1, 0.15) is 44.2 Å². The molecular formula is C15H23NO2. The minimum Gasteiger partial charge on any atom is -0.497 e. The Bertz CT molecular complexity index is 373. The smallest absolute Gasteiger partial charge is 0.119 e. The van der Waals surface area contributed by atoms with E-state index in [1.165, 1.54) is 5.56 Å². The average molecular weight is 249 g/mol. The highest BCUT2D eigenvalue weighted by Gasteiger charge is 2.20. The normalized spacial score (nSPS) is 25.7. The summed E-state index contributed by atoms with van der Waals surface area (Å²) in [4.78, 5) is 0. The number of hydrogen-bond acceptors (Lipinski definition) is 3. The Balaban J connectivity index is 1.92. The van der Waals surface area contributed by atoms with Crippen LogP contribution in [-0.2, 0) is 0 Å². The van der Waals surface area contributed by atoms with Crippen LogP contribution in [0, 0.1) is 0 Å². The third-order valence-electron chi connectivity index (χ3n) is 3.78. The van der Waals surface area contributed by atoms with Crippen molar-refractivity contribution in [2.45, 2.75) is 50.8 Å². The van der Waals surface area contributed by atoms with E-state index < -0.39 is 0 Å². The van der Waals surface area contributed by atoms with Crippen LogP contribution in [0.2, 0.25) is 0 Å².